The van der Waals surface area contributed by atoms with E-state index in [1.165, 1.54) is 32.1 Å². The van der Waals surface area contributed by atoms with Crippen LogP contribution in [0.3, 0.4) is 0 Å². The molecule has 0 aromatic heterocycles. The van der Waals surface area contributed by atoms with Gasteiger partial charge in [0.1, 0.15) is 17.2 Å². The fourth-order valence-corrected chi connectivity index (χ4v) is 3.50. The number of nitrogens with one attached hydrogen (secondary N) is 2. The molecule has 7 nitrogen and oxygen atoms in total. The Morgan fingerprint density at radius 2 is 1.32 bits per heavy atom. The van der Waals surface area contributed by atoms with Crippen molar-refractivity contribution in [1.82, 2.24) is 10.6 Å². The zero-order valence-corrected chi connectivity index (χ0v) is 21.4. The summed E-state index contributed by atoms with van der Waals surface area (Å²) in [5.41, 5.74) is -1.29. The summed E-state index contributed by atoms with van der Waals surface area (Å²) >= 11 is 0.864. The maximum absolute atomic E-state index is 12.6. The summed E-state index contributed by atoms with van der Waals surface area (Å²) in [7, 11) is 0. The molecule has 0 spiro atoms. The molecule has 0 aliphatic rings. The van der Waals surface area contributed by atoms with Crippen molar-refractivity contribution in [1.29, 1.82) is 0 Å². The van der Waals surface area contributed by atoms with Gasteiger partial charge in [0, 0.05) is 12.3 Å². The molecule has 1 atom stereocenters. The number of amides is 2. The Morgan fingerprint density at radius 3 is 1.84 bits per heavy atom. The van der Waals surface area contributed by atoms with Gasteiger partial charge in [-0.05, 0) is 59.7 Å². The van der Waals surface area contributed by atoms with Crippen LogP contribution in [0.4, 0.5) is 9.59 Å². The lowest BCUT2D eigenvalue weighted by atomic mass is 10.1. The first-order valence-electron chi connectivity index (χ1n) is 11.5. The van der Waals surface area contributed by atoms with Crippen molar-refractivity contribution in [3.05, 3.63) is 0 Å². The minimum Gasteiger partial charge on any atom is -0.452 e. The summed E-state index contributed by atoms with van der Waals surface area (Å²) in [5.74, 6) is -0.262. The zero-order chi connectivity index (χ0) is 23.9. The second-order valence-electron chi connectivity index (χ2n) is 9.74. The Bertz CT molecular complexity index is 541. The lowest BCUT2D eigenvalue weighted by Crippen LogP contribution is -2.50. The molecule has 8 heteroatoms. The number of ether oxygens (including phenoxy) is 2. The molecular formula is C23H44N2O5S. The minimum atomic E-state index is -0.888. The summed E-state index contributed by atoms with van der Waals surface area (Å²) in [6.45, 7) is 13.3. The number of thioether (sulfide) groups is 1. The van der Waals surface area contributed by atoms with Crippen LogP contribution in [-0.2, 0) is 14.3 Å². The highest BCUT2D eigenvalue weighted by molar-refractivity contribution is 8.13. The lowest BCUT2D eigenvalue weighted by Gasteiger charge is -2.23. The average molecular weight is 461 g/mol. The van der Waals surface area contributed by atoms with Crippen molar-refractivity contribution >= 4 is 29.1 Å². The molecule has 0 fully saturated rings. The largest absolute Gasteiger partial charge is 0.452 e. The molecule has 0 aromatic carbocycles. The Balaban J connectivity index is 4.50. The number of carbonyl (C=O) groups is 3. The van der Waals surface area contributed by atoms with E-state index in [-0.39, 0.29) is 11.7 Å². The van der Waals surface area contributed by atoms with Crippen LogP contribution in [-0.4, -0.2) is 46.8 Å². The van der Waals surface area contributed by atoms with Gasteiger partial charge in [0.05, 0.1) is 0 Å². The van der Waals surface area contributed by atoms with Crippen LogP contribution < -0.4 is 10.6 Å². The van der Waals surface area contributed by atoms with Crippen molar-refractivity contribution in [2.45, 2.75) is 117 Å². The molecule has 1 unspecified atom stereocenters. The van der Waals surface area contributed by atoms with Gasteiger partial charge in [0.2, 0.25) is 5.91 Å². The molecule has 182 valence electrons. The monoisotopic (exact) mass is 460 g/mol. The first kappa shape index (κ1) is 29.6. The van der Waals surface area contributed by atoms with Crippen LogP contribution in [0.25, 0.3) is 0 Å². The van der Waals surface area contributed by atoms with Gasteiger partial charge >= 0.3 is 11.4 Å². The maximum atomic E-state index is 12.6. The van der Waals surface area contributed by atoms with Gasteiger partial charge in [-0.25, -0.2) is 9.59 Å². The van der Waals surface area contributed by atoms with Crippen LogP contribution in [0.2, 0.25) is 0 Å². The van der Waals surface area contributed by atoms with E-state index in [0.29, 0.717) is 6.54 Å². The quantitative estimate of drug-likeness (QED) is 0.266. The number of carbonyl (C=O) groups excluding carboxylic acids is 3. The molecular weight excluding hydrogens is 416 g/mol. The van der Waals surface area contributed by atoms with E-state index >= 15 is 0 Å². The second kappa shape index (κ2) is 15.4. The molecule has 31 heavy (non-hydrogen) atoms. The van der Waals surface area contributed by atoms with Gasteiger partial charge in [0.15, 0.2) is 0 Å². The highest BCUT2D eigenvalue weighted by atomic mass is 32.2. The molecule has 0 saturated heterocycles. The van der Waals surface area contributed by atoms with Crippen LogP contribution in [0.1, 0.15) is 99.8 Å². The standard InChI is InChI=1S/C23H44N2O5S/c1-8-9-10-11-12-13-14-15-16-24-19(26)18(25-20(27)29-22(2,3)4)17-31-21(28)30-23(5,6)7/h18H,8-17H2,1-7H3,(H,24,26)(H,25,27). The van der Waals surface area contributed by atoms with Crippen molar-refractivity contribution < 1.29 is 23.9 Å². The number of hydrogen-bond donors (Lipinski definition) is 2. The summed E-state index contributed by atoms with van der Waals surface area (Å²) in [5, 5.41) is 4.94. The van der Waals surface area contributed by atoms with Crippen molar-refractivity contribution in [3.63, 3.8) is 0 Å². The number of alkyl carbamates (subject to hydrolysis) is 1. The molecule has 0 aliphatic heterocycles. The number of unbranched alkanes of at least 4 members (excludes halogenated alkanes) is 7. The van der Waals surface area contributed by atoms with Gasteiger partial charge in [-0.3, -0.25) is 4.79 Å². The van der Waals surface area contributed by atoms with E-state index in [4.69, 9.17) is 9.47 Å². The van der Waals surface area contributed by atoms with Crippen LogP contribution in [0.5, 0.6) is 0 Å². The summed E-state index contributed by atoms with van der Waals surface area (Å²) in [6, 6.07) is -0.888. The Morgan fingerprint density at radius 1 is 0.806 bits per heavy atom. The first-order valence-corrected chi connectivity index (χ1v) is 12.5. The average Bonchev–Trinajstić information content (AvgIpc) is 2.60. The first-order chi connectivity index (χ1) is 14.3. The highest BCUT2D eigenvalue weighted by Crippen LogP contribution is 2.16. The fourth-order valence-electron chi connectivity index (χ4n) is 2.66. The minimum absolute atomic E-state index is 0.0669. The molecule has 0 aromatic rings. The van der Waals surface area contributed by atoms with E-state index in [0.717, 1.165) is 31.0 Å². The van der Waals surface area contributed by atoms with E-state index in [2.05, 4.69) is 17.6 Å². The molecule has 0 rings (SSSR count). The third-order valence-electron chi connectivity index (χ3n) is 4.09. The molecule has 0 aliphatic carbocycles. The normalized spacial score (nSPS) is 12.7. The van der Waals surface area contributed by atoms with E-state index < -0.39 is 28.6 Å². The highest BCUT2D eigenvalue weighted by Gasteiger charge is 2.26. The number of hydrogen-bond acceptors (Lipinski definition) is 6. The molecule has 0 radical (unpaired) electrons. The molecule has 0 bridgehead atoms. The maximum Gasteiger partial charge on any atom is 0.408 e. The summed E-state index contributed by atoms with van der Waals surface area (Å²) < 4.78 is 10.5. The van der Waals surface area contributed by atoms with Gasteiger partial charge in [0.25, 0.3) is 0 Å². The van der Waals surface area contributed by atoms with Crippen LogP contribution >= 0.6 is 11.8 Å². The van der Waals surface area contributed by atoms with E-state index in [9.17, 15) is 14.4 Å². The zero-order valence-electron chi connectivity index (χ0n) is 20.6. The van der Waals surface area contributed by atoms with Crippen molar-refractivity contribution in [2.24, 2.45) is 0 Å². The van der Waals surface area contributed by atoms with Gasteiger partial charge in [-0.1, -0.05) is 51.9 Å². The van der Waals surface area contributed by atoms with Crippen LogP contribution in [0.15, 0.2) is 0 Å². The lowest BCUT2D eigenvalue weighted by molar-refractivity contribution is -0.122. The summed E-state index contributed by atoms with van der Waals surface area (Å²) in [4.78, 5) is 36.7. The smallest absolute Gasteiger partial charge is 0.408 e. The second-order valence-corrected chi connectivity index (χ2v) is 10.7. The fraction of sp³-hybridized carbons (Fsp3) is 0.870. The topological polar surface area (TPSA) is 93.7 Å². The third-order valence-corrected chi connectivity index (χ3v) is 4.91. The van der Waals surface area contributed by atoms with Gasteiger partial charge in [-0.2, -0.15) is 0 Å². The number of rotatable bonds is 13. The predicted molar refractivity (Wildman–Crippen MR) is 127 cm³/mol. The Kier molecular flexibility index (Phi) is 14.7. The van der Waals surface area contributed by atoms with Crippen LogP contribution in [0, 0.1) is 0 Å². The van der Waals surface area contributed by atoms with Gasteiger partial charge < -0.3 is 20.1 Å². The molecule has 0 heterocycles. The third kappa shape index (κ3) is 19.0. The Hall–Kier alpha value is -1.44. The van der Waals surface area contributed by atoms with E-state index in [1.54, 1.807) is 41.5 Å². The predicted octanol–water partition coefficient (Wildman–Crippen LogP) is 5.80. The van der Waals surface area contributed by atoms with Gasteiger partial charge in [-0.15, -0.1) is 0 Å². The molecule has 2 N–H and O–H groups in total. The van der Waals surface area contributed by atoms with E-state index in [1.807, 2.05) is 0 Å². The SMILES string of the molecule is CCCCCCCCCCNC(=O)C(CSC(=O)OC(C)(C)C)NC(=O)OC(C)(C)C. The summed E-state index contributed by atoms with van der Waals surface area (Å²) in [6.07, 6.45) is 8.74. The van der Waals surface area contributed by atoms with Crippen molar-refractivity contribution in [2.75, 3.05) is 12.3 Å². The Labute approximate surface area is 193 Å². The molecule has 0 saturated carbocycles. The van der Waals surface area contributed by atoms with Crippen molar-refractivity contribution in [3.8, 4) is 0 Å². The molecule has 2 amide bonds.